The molecule has 3 heterocycles. The Morgan fingerprint density at radius 2 is 2.12 bits per heavy atom. The number of esters is 2. The zero-order valence-corrected chi connectivity index (χ0v) is 13.0. The van der Waals surface area contributed by atoms with E-state index in [1.807, 2.05) is 0 Å². The topological polar surface area (TPSA) is 126 Å². The standard InChI is InChI=1S/C14H16N2O8/c1-7(17)21-5-14-6-22-10(11(14)23-8(2)18)12(24-14)16-4-3-9(19)15-13(16)20/h3-4,10-12H,5-6H2,1-2H3,(H,15,19,20)/t10-,11+,12-,14+/m1/s1. The van der Waals surface area contributed by atoms with E-state index in [4.69, 9.17) is 18.9 Å². The second kappa shape index (κ2) is 5.87. The van der Waals surface area contributed by atoms with Crippen LogP contribution in [0.25, 0.3) is 0 Å². The third-order valence-electron chi connectivity index (χ3n) is 3.91. The molecular weight excluding hydrogens is 324 g/mol. The fourth-order valence-corrected chi connectivity index (χ4v) is 2.92. The number of carbonyl (C=O) groups excluding carboxylic acids is 2. The lowest BCUT2D eigenvalue weighted by Crippen LogP contribution is -2.47. The number of carbonyl (C=O) groups is 2. The molecule has 10 nitrogen and oxygen atoms in total. The maximum absolute atomic E-state index is 12.0. The van der Waals surface area contributed by atoms with E-state index in [9.17, 15) is 19.2 Å². The van der Waals surface area contributed by atoms with Gasteiger partial charge in [-0.3, -0.25) is 23.9 Å². The van der Waals surface area contributed by atoms with Gasteiger partial charge in [0.1, 0.15) is 12.7 Å². The number of ether oxygens (including phenoxy) is 4. The molecule has 0 aromatic carbocycles. The second-order valence-electron chi connectivity index (χ2n) is 5.68. The lowest BCUT2D eigenvalue weighted by atomic mass is 10.00. The maximum Gasteiger partial charge on any atom is 0.330 e. The lowest BCUT2D eigenvalue weighted by Gasteiger charge is -2.30. The summed E-state index contributed by atoms with van der Waals surface area (Å²) in [5, 5.41) is 0. The third kappa shape index (κ3) is 2.74. The molecule has 2 aliphatic rings. The van der Waals surface area contributed by atoms with E-state index in [2.05, 4.69) is 4.98 Å². The Kier molecular flexibility index (Phi) is 4.01. The smallest absolute Gasteiger partial charge is 0.330 e. The molecule has 2 fully saturated rings. The number of fused-ring (bicyclic) bond motifs is 2. The minimum Gasteiger partial charge on any atom is -0.463 e. The highest BCUT2D eigenvalue weighted by Crippen LogP contribution is 2.46. The largest absolute Gasteiger partial charge is 0.463 e. The lowest BCUT2D eigenvalue weighted by molar-refractivity contribution is -0.198. The van der Waals surface area contributed by atoms with Gasteiger partial charge < -0.3 is 18.9 Å². The number of H-pyrrole nitrogens is 1. The molecule has 0 radical (unpaired) electrons. The van der Waals surface area contributed by atoms with Crippen molar-refractivity contribution in [3.8, 4) is 0 Å². The molecule has 2 bridgehead atoms. The van der Waals surface area contributed by atoms with Gasteiger partial charge in [-0.25, -0.2) is 4.79 Å². The first-order valence-electron chi connectivity index (χ1n) is 7.24. The summed E-state index contributed by atoms with van der Waals surface area (Å²) in [5.74, 6) is -1.08. The first-order valence-corrected chi connectivity index (χ1v) is 7.24. The van der Waals surface area contributed by atoms with Gasteiger partial charge in [-0.1, -0.05) is 0 Å². The average Bonchev–Trinajstić information content (AvgIpc) is 2.97. The number of aromatic amines is 1. The van der Waals surface area contributed by atoms with Crippen molar-refractivity contribution >= 4 is 11.9 Å². The molecule has 3 rings (SSSR count). The quantitative estimate of drug-likeness (QED) is 0.670. The molecule has 130 valence electrons. The summed E-state index contributed by atoms with van der Waals surface area (Å²) in [6.45, 7) is 2.32. The van der Waals surface area contributed by atoms with Crippen molar-refractivity contribution in [3.63, 3.8) is 0 Å². The molecule has 1 aromatic rings. The van der Waals surface area contributed by atoms with Crippen molar-refractivity contribution in [3.05, 3.63) is 33.1 Å². The minimum absolute atomic E-state index is 0.0392. The molecule has 2 saturated heterocycles. The van der Waals surface area contributed by atoms with Crippen LogP contribution in [0.2, 0.25) is 0 Å². The molecule has 0 aliphatic carbocycles. The van der Waals surface area contributed by atoms with E-state index in [-0.39, 0.29) is 13.2 Å². The SMILES string of the molecule is CC(=O)OC[C@@]12CO[C@@H]([C@H](n3ccc(=O)[nH]c3=O)O1)[C@@H]2OC(C)=O. The molecule has 10 heteroatoms. The van der Waals surface area contributed by atoms with Crippen LogP contribution in [0.5, 0.6) is 0 Å². The van der Waals surface area contributed by atoms with Crippen LogP contribution in [-0.4, -0.2) is 52.5 Å². The number of nitrogens with zero attached hydrogens (tertiary/aromatic N) is 1. The van der Waals surface area contributed by atoms with Gasteiger partial charge in [0.25, 0.3) is 5.56 Å². The Bertz CT molecular complexity index is 783. The Balaban J connectivity index is 1.94. The third-order valence-corrected chi connectivity index (χ3v) is 3.91. The Morgan fingerprint density at radius 1 is 1.38 bits per heavy atom. The fourth-order valence-electron chi connectivity index (χ4n) is 2.92. The van der Waals surface area contributed by atoms with Crippen LogP contribution >= 0.6 is 0 Å². The van der Waals surface area contributed by atoms with Crippen molar-refractivity contribution in [2.45, 2.75) is 37.9 Å². The Labute approximate surface area is 135 Å². The van der Waals surface area contributed by atoms with Gasteiger partial charge in [-0.05, 0) is 0 Å². The molecule has 0 saturated carbocycles. The van der Waals surface area contributed by atoms with Crippen molar-refractivity contribution in [2.75, 3.05) is 13.2 Å². The van der Waals surface area contributed by atoms with Gasteiger partial charge in [0.15, 0.2) is 17.9 Å². The van der Waals surface area contributed by atoms with Crippen LogP contribution in [-0.2, 0) is 28.5 Å². The summed E-state index contributed by atoms with van der Waals surface area (Å²) in [6, 6.07) is 1.16. The molecule has 0 amide bonds. The number of aromatic nitrogens is 2. The highest BCUT2D eigenvalue weighted by Gasteiger charge is 2.65. The molecule has 0 spiro atoms. The zero-order chi connectivity index (χ0) is 17.5. The van der Waals surface area contributed by atoms with Gasteiger partial charge in [-0.15, -0.1) is 0 Å². The highest BCUT2D eigenvalue weighted by molar-refractivity contribution is 5.67. The number of nitrogens with one attached hydrogen (secondary N) is 1. The van der Waals surface area contributed by atoms with Gasteiger partial charge in [0.05, 0.1) is 6.61 Å². The van der Waals surface area contributed by atoms with Gasteiger partial charge in [0.2, 0.25) is 0 Å². The van der Waals surface area contributed by atoms with E-state index in [1.165, 1.54) is 20.0 Å². The minimum atomic E-state index is -1.21. The summed E-state index contributed by atoms with van der Waals surface area (Å²) < 4.78 is 22.9. The number of hydrogen-bond acceptors (Lipinski definition) is 8. The first kappa shape index (κ1) is 16.4. The van der Waals surface area contributed by atoms with Crippen molar-refractivity contribution in [1.82, 2.24) is 9.55 Å². The van der Waals surface area contributed by atoms with Gasteiger partial charge in [-0.2, -0.15) is 0 Å². The zero-order valence-electron chi connectivity index (χ0n) is 13.0. The number of rotatable bonds is 4. The average molecular weight is 340 g/mol. The Morgan fingerprint density at radius 3 is 2.75 bits per heavy atom. The van der Waals surface area contributed by atoms with Crippen molar-refractivity contribution in [2.24, 2.45) is 0 Å². The van der Waals surface area contributed by atoms with Crippen LogP contribution in [0.3, 0.4) is 0 Å². The second-order valence-corrected chi connectivity index (χ2v) is 5.68. The first-order chi connectivity index (χ1) is 11.3. The molecule has 1 aromatic heterocycles. The van der Waals surface area contributed by atoms with E-state index in [1.54, 1.807) is 0 Å². The summed E-state index contributed by atoms with van der Waals surface area (Å²) in [7, 11) is 0. The van der Waals surface area contributed by atoms with Crippen LogP contribution in [0.15, 0.2) is 21.9 Å². The number of hydrogen-bond donors (Lipinski definition) is 1. The summed E-state index contributed by atoms with van der Waals surface area (Å²) in [6.07, 6.45) is -1.28. The molecule has 2 aliphatic heterocycles. The normalized spacial score (nSPS) is 31.0. The van der Waals surface area contributed by atoms with Crippen molar-refractivity contribution in [1.29, 1.82) is 0 Å². The predicted octanol–water partition coefficient (Wildman–Crippen LogP) is -1.30. The summed E-state index contributed by atoms with van der Waals surface area (Å²) in [5.41, 5.74) is -2.44. The van der Waals surface area contributed by atoms with Crippen LogP contribution in [0.1, 0.15) is 20.1 Å². The van der Waals surface area contributed by atoms with Crippen LogP contribution in [0, 0.1) is 0 Å². The molecule has 1 N–H and O–H groups in total. The van der Waals surface area contributed by atoms with Gasteiger partial charge >= 0.3 is 17.6 Å². The van der Waals surface area contributed by atoms with Crippen molar-refractivity contribution < 1.29 is 28.5 Å². The predicted molar refractivity (Wildman–Crippen MR) is 76.1 cm³/mol. The Hall–Kier alpha value is -2.46. The van der Waals surface area contributed by atoms with E-state index in [0.29, 0.717) is 0 Å². The maximum atomic E-state index is 12.0. The van der Waals surface area contributed by atoms with E-state index < -0.39 is 47.2 Å². The van der Waals surface area contributed by atoms with Crippen LogP contribution < -0.4 is 11.2 Å². The highest BCUT2D eigenvalue weighted by atomic mass is 16.7. The summed E-state index contributed by atoms with van der Waals surface area (Å²) in [4.78, 5) is 47.8. The molecular formula is C14H16N2O8. The fraction of sp³-hybridized carbons (Fsp3) is 0.571. The van der Waals surface area contributed by atoms with E-state index in [0.717, 1.165) is 10.6 Å². The monoisotopic (exact) mass is 340 g/mol. The summed E-state index contributed by atoms with van der Waals surface area (Å²) >= 11 is 0. The molecule has 24 heavy (non-hydrogen) atoms. The molecule has 0 unspecified atom stereocenters. The molecule has 4 atom stereocenters. The van der Waals surface area contributed by atoms with Gasteiger partial charge in [0, 0.05) is 26.1 Å². The van der Waals surface area contributed by atoms with E-state index >= 15 is 0 Å². The van der Waals surface area contributed by atoms with Crippen LogP contribution in [0.4, 0.5) is 0 Å².